The highest BCUT2D eigenvalue weighted by Crippen LogP contribution is 1.99. The maximum Gasteiger partial charge on any atom is 0.242 e. The van der Waals surface area contributed by atoms with Crippen molar-refractivity contribution in [3.8, 4) is 0 Å². The van der Waals surface area contributed by atoms with Crippen LogP contribution in [0.5, 0.6) is 0 Å². The Bertz CT molecular complexity index is 461. The lowest BCUT2D eigenvalue weighted by molar-refractivity contribution is -0.122. The Morgan fingerprint density at radius 3 is 3.12 bits per heavy atom. The van der Waals surface area contributed by atoms with Gasteiger partial charge in [0.1, 0.15) is 6.54 Å². The zero-order chi connectivity index (χ0) is 11.4. The number of carbonyl (C=O) groups excluding carboxylic acids is 1. The van der Waals surface area contributed by atoms with Crippen molar-refractivity contribution >= 4 is 11.6 Å². The van der Waals surface area contributed by atoms with E-state index in [-0.39, 0.29) is 12.5 Å². The first-order valence-electron chi connectivity index (χ1n) is 4.80. The van der Waals surface area contributed by atoms with Crippen LogP contribution in [0.1, 0.15) is 5.56 Å². The van der Waals surface area contributed by atoms with Crippen LogP contribution >= 0.6 is 0 Å². The predicted molar refractivity (Wildman–Crippen MR) is 57.2 cm³/mol. The molecule has 6 heteroatoms. The molecule has 0 fully saturated rings. The number of nitrogens with one attached hydrogen (secondary N) is 1. The average Bonchev–Trinajstić information content (AvgIpc) is 2.87. The number of nitrogen functional groups attached to an aromatic ring is 1. The number of nitrogens with zero attached hydrogens (tertiary/aromatic N) is 2. The highest BCUT2D eigenvalue weighted by molar-refractivity contribution is 5.75. The van der Waals surface area contributed by atoms with Crippen molar-refractivity contribution in [2.75, 3.05) is 5.73 Å². The summed E-state index contributed by atoms with van der Waals surface area (Å²) in [4.78, 5) is 11.5. The van der Waals surface area contributed by atoms with Crippen LogP contribution in [0.3, 0.4) is 0 Å². The summed E-state index contributed by atoms with van der Waals surface area (Å²) in [5, 5.41) is 6.66. The lowest BCUT2D eigenvalue weighted by Crippen LogP contribution is -2.27. The first-order chi connectivity index (χ1) is 7.74. The van der Waals surface area contributed by atoms with E-state index in [9.17, 15) is 4.79 Å². The molecule has 6 nitrogen and oxygen atoms in total. The van der Waals surface area contributed by atoms with E-state index < -0.39 is 0 Å². The van der Waals surface area contributed by atoms with Crippen molar-refractivity contribution in [3.63, 3.8) is 0 Å². The third-order valence-electron chi connectivity index (χ3n) is 2.03. The Hall–Kier alpha value is -2.24. The van der Waals surface area contributed by atoms with Crippen molar-refractivity contribution < 1.29 is 9.21 Å². The summed E-state index contributed by atoms with van der Waals surface area (Å²) in [5.74, 6) is -0.121. The molecule has 2 aromatic heterocycles. The molecule has 84 valence electrons. The van der Waals surface area contributed by atoms with Gasteiger partial charge in [0.05, 0.1) is 24.4 Å². The molecule has 0 aliphatic heterocycles. The normalized spacial score (nSPS) is 10.2. The summed E-state index contributed by atoms with van der Waals surface area (Å²) in [6, 6.07) is 1.80. The highest BCUT2D eigenvalue weighted by Gasteiger charge is 2.03. The predicted octanol–water partition coefficient (Wildman–Crippen LogP) is 0.375. The van der Waals surface area contributed by atoms with Crippen LogP contribution in [0.2, 0.25) is 0 Å². The van der Waals surface area contributed by atoms with E-state index in [2.05, 4.69) is 10.4 Å². The molecule has 16 heavy (non-hydrogen) atoms. The summed E-state index contributed by atoms with van der Waals surface area (Å²) in [6.45, 7) is 0.612. The molecule has 0 radical (unpaired) electrons. The maximum absolute atomic E-state index is 11.5. The van der Waals surface area contributed by atoms with Crippen LogP contribution in [-0.2, 0) is 17.9 Å². The number of anilines is 1. The number of hydrogen-bond donors (Lipinski definition) is 2. The van der Waals surface area contributed by atoms with Crippen LogP contribution in [0.4, 0.5) is 5.69 Å². The average molecular weight is 220 g/mol. The van der Waals surface area contributed by atoms with E-state index in [0.29, 0.717) is 12.2 Å². The van der Waals surface area contributed by atoms with Gasteiger partial charge in [-0.2, -0.15) is 5.10 Å². The zero-order valence-electron chi connectivity index (χ0n) is 8.59. The number of carbonyl (C=O) groups is 1. The van der Waals surface area contributed by atoms with Crippen molar-refractivity contribution in [2.24, 2.45) is 0 Å². The Morgan fingerprint density at radius 2 is 2.50 bits per heavy atom. The summed E-state index contributed by atoms with van der Waals surface area (Å²) in [7, 11) is 0. The number of rotatable bonds is 4. The van der Waals surface area contributed by atoms with Crippen LogP contribution in [0.25, 0.3) is 0 Å². The molecule has 0 saturated heterocycles. The smallest absolute Gasteiger partial charge is 0.242 e. The Labute approximate surface area is 92.0 Å². The van der Waals surface area contributed by atoms with Gasteiger partial charge in [-0.05, 0) is 6.07 Å². The summed E-state index contributed by atoms with van der Waals surface area (Å²) in [5.41, 5.74) is 6.95. The van der Waals surface area contributed by atoms with E-state index in [1.165, 1.54) is 10.9 Å². The molecule has 0 spiro atoms. The van der Waals surface area contributed by atoms with E-state index >= 15 is 0 Å². The van der Waals surface area contributed by atoms with Gasteiger partial charge >= 0.3 is 0 Å². The van der Waals surface area contributed by atoms with Crippen molar-refractivity contribution in [1.29, 1.82) is 0 Å². The maximum atomic E-state index is 11.5. The standard InChI is InChI=1S/C10H12N4O2/c11-9-4-13-14(5-9)6-10(15)12-3-8-1-2-16-7-8/h1-2,4-5,7H,3,6,11H2,(H,12,15). The van der Waals surface area contributed by atoms with Crippen LogP contribution in [0, 0.1) is 0 Å². The van der Waals surface area contributed by atoms with Gasteiger partial charge in [-0.1, -0.05) is 0 Å². The number of furan rings is 1. The molecular weight excluding hydrogens is 208 g/mol. The number of hydrogen-bond acceptors (Lipinski definition) is 4. The minimum Gasteiger partial charge on any atom is -0.472 e. The quantitative estimate of drug-likeness (QED) is 0.779. The van der Waals surface area contributed by atoms with E-state index in [0.717, 1.165) is 5.56 Å². The number of amides is 1. The monoisotopic (exact) mass is 220 g/mol. The lowest BCUT2D eigenvalue weighted by atomic mass is 10.3. The van der Waals surface area contributed by atoms with Gasteiger partial charge in [-0.15, -0.1) is 0 Å². The molecular formula is C10H12N4O2. The fraction of sp³-hybridized carbons (Fsp3) is 0.200. The molecule has 0 aromatic carbocycles. The molecule has 1 amide bonds. The molecule has 0 aliphatic carbocycles. The molecule has 0 unspecified atom stereocenters. The minimum atomic E-state index is -0.121. The second-order valence-corrected chi connectivity index (χ2v) is 3.38. The summed E-state index contributed by atoms with van der Waals surface area (Å²) >= 11 is 0. The molecule has 2 aromatic rings. The van der Waals surface area contributed by atoms with Gasteiger partial charge in [0.25, 0.3) is 0 Å². The topological polar surface area (TPSA) is 86.1 Å². The van der Waals surface area contributed by atoms with Gasteiger partial charge in [-0.25, -0.2) is 0 Å². The van der Waals surface area contributed by atoms with Crippen molar-refractivity contribution in [3.05, 3.63) is 36.5 Å². The largest absolute Gasteiger partial charge is 0.472 e. The molecule has 0 atom stereocenters. The third-order valence-corrected chi connectivity index (χ3v) is 2.03. The van der Waals surface area contributed by atoms with Crippen LogP contribution < -0.4 is 11.1 Å². The van der Waals surface area contributed by atoms with E-state index in [1.807, 2.05) is 0 Å². The van der Waals surface area contributed by atoms with Gasteiger partial charge in [0.15, 0.2) is 0 Å². The van der Waals surface area contributed by atoms with Gasteiger partial charge < -0.3 is 15.5 Å². The SMILES string of the molecule is Nc1cnn(CC(=O)NCc2ccoc2)c1. The first kappa shape index (κ1) is 10.3. The molecule has 0 bridgehead atoms. The second kappa shape index (κ2) is 4.52. The Balaban J connectivity index is 1.81. The number of aromatic nitrogens is 2. The van der Waals surface area contributed by atoms with E-state index in [1.54, 1.807) is 24.8 Å². The molecule has 2 heterocycles. The number of nitrogens with two attached hydrogens (primary N) is 1. The molecule has 0 aliphatic rings. The highest BCUT2D eigenvalue weighted by atomic mass is 16.3. The zero-order valence-corrected chi connectivity index (χ0v) is 8.59. The molecule has 0 saturated carbocycles. The Kier molecular flexibility index (Phi) is 2.90. The van der Waals surface area contributed by atoms with Gasteiger partial charge in [0, 0.05) is 18.3 Å². The van der Waals surface area contributed by atoms with Crippen molar-refractivity contribution in [1.82, 2.24) is 15.1 Å². The van der Waals surface area contributed by atoms with Crippen molar-refractivity contribution in [2.45, 2.75) is 13.1 Å². The fourth-order valence-electron chi connectivity index (χ4n) is 1.26. The molecule has 3 N–H and O–H groups in total. The fourth-order valence-corrected chi connectivity index (χ4v) is 1.26. The first-order valence-corrected chi connectivity index (χ1v) is 4.80. The third kappa shape index (κ3) is 2.63. The summed E-state index contributed by atoms with van der Waals surface area (Å²) < 4.78 is 6.37. The van der Waals surface area contributed by atoms with Gasteiger partial charge in [0.2, 0.25) is 5.91 Å². The lowest BCUT2D eigenvalue weighted by Gasteiger charge is -2.03. The second-order valence-electron chi connectivity index (χ2n) is 3.38. The summed E-state index contributed by atoms with van der Waals surface area (Å²) in [6.07, 6.45) is 6.27. The minimum absolute atomic E-state index is 0.121. The Morgan fingerprint density at radius 1 is 1.62 bits per heavy atom. The van der Waals surface area contributed by atoms with E-state index in [4.69, 9.17) is 10.2 Å². The van der Waals surface area contributed by atoms with Crippen LogP contribution in [-0.4, -0.2) is 15.7 Å². The molecule has 2 rings (SSSR count). The van der Waals surface area contributed by atoms with Crippen LogP contribution in [0.15, 0.2) is 35.4 Å². The van der Waals surface area contributed by atoms with Gasteiger partial charge in [-0.3, -0.25) is 9.48 Å².